The normalized spacial score (nSPS) is 13.7. The molecule has 2 nitrogen and oxygen atoms in total. The van der Waals surface area contributed by atoms with Crippen LogP contribution in [0.15, 0.2) is 60.8 Å². The van der Waals surface area contributed by atoms with Gasteiger partial charge in [-0.3, -0.25) is 0 Å². The average molecular weight is 543 g/mol. The van der Waals surface area contributed by atoms with E-state index in [9.17, 15) is 13.2 Å². The lowest BCUT2D eigenvalue weighted by Gasteiger charge is -2.29. The minimum Gasteiger partial charge on any atom is -0.455 e. The second kappa shape index (κ2) is 8.70. The van der Waals surface area contributed by atoms with Crippen LogP contribution in [0.5, 0.6) is 11.5 Å². The molecule has 6 rings (SSSR count). The van der Waals surface area contributed by atoms with Crippen LogP contribution >= 0.6 is 0 Å². The van der Waals surface area contributed by atoms with Crippen LogP contribution in [-0.2, 0) is 19.9 Å². The Bertz CT molecular complexity index is 1840. The second-order valence-electron chi connectivity index (χ2n) is 13.2. The third-order valence-electron chi connectivity index (χ3n) is 8.42. The molecule has 0 fully saturated rings. The summed E-state index contributed by atoms with van der Waals surface area (Å²) in [6.07, 6.45) is -1.54. The number of rotatable bonds is 3. The molecular weight excluding hydrogens is 507 g/mol. The molecule has 0 aliphatic carbocycles. The molecule has 206 valence electrons. The zero-order valence-electron chi connectivity index (χ0n) is 24.2. The summed E-state index contributed by atoms with van der Waals surface area (Å²) in [7, 11) is 2.05. The first-order valence-corrected chi connectivity index (χ1v) is 13.8. The van der Waals surface area contributed by atoms with Gasteiger partial charge in [0.25, 0.3) is 0 Å². The van der Waals surface area contributed by atoms with E-state index in [4.69, 9.17) is 4.74 Å². The van der Waals surface area contributed by atoms with Crippen molar-refractivity contribution in [2.45, 2.75) is 60.6 Å². The van der Waals surface area contributed by atoms with E-state index in [1.807, 2.05) is 24.3 Å². The van der Waals surface area contributed by atoms with Gasteiger partial charge < -0.3 is 4.74 Å². The summed E-state index contributed by atoms with van der Waals surface area (Å²) in [5.74, 6) is 1.55. The maximum absolute atomic E-state index is 13.9. The van der Waals surface area contributed by atoms with Gasteiger partial charge in [0.1, 0.15) is 18.5 Å². The Hall–Kier alpha value is -3.60. The van der Waals surface area contributed by atoms with E-state index >= 15 is 0 Å². The molecule has 4 aromatic carbocycles. The fourth-order valence-corrected chi connectivity index (χ4v) is 6.32. The molecule has 0 radical (unpaired) electrons. The Morgan fingerprint density at radius 3 is 2.12 bits per heavy atom. The largest absolute Gasteiger partial charge is 0.455 e. The highest BCUT2D eigenvalue weighted by atomic mass is 19.4. The number of pyridine rings is 1. The van der Waals surface area contributed by atoms with Crippen LogP contribution < -0.4 is 9.30 Å². The Morgan fingerprint density at radius 1 is 0.775 bits per heavy atom. The zero-order valence-corrected chi connectivity index (χ0v) is 24.2. The Labute approximate surface area is 233 Å². The predicted molar refractivity (Wildman–Crippen MR) is 157 cm³/mol. The van der Waals surface area contributed by atoms with Gasteiger partial charge >= 0.3 is 6.18 Å². The molecule has 2 heterocycles. The van der Waals surface area contributed by atoms with E-state index < -0.39 is 11.6 Å². The molecule has 0 spiro atoms. The SMILES string of the molecule is Cc1c2c(c(CC(C)(C)C)c3ccccc13)Oc1cc3c(CC(C)(C)C(F)(F)F)cccc3c3cc[n+](C)c-2c13. The molecule has 0 atom stereocenters. The number of alkyl halides is 3. The molecule has 0 saturated heterocycles. The van der Waals surface area contributed by atoms with E-state index in [1.54, 1.807) is 0 Å². The van der Waals surface area contributed by atoms with Gasteiger partial charge in [-0.25, -0.2) is 4.57 Å². The van der Waals surface area contributed by atoms with Crippen LogP contribution in [0, 0.1) is 17.8 Å². The molecular formula is C35H35F3NO+. The van der Waals surface area contributed by atoms with Crippen molar-refractivity contribution < 1.29 is 22.5 Å². The van der Waals surface area contributed by atoms with E-state index in [2.05, 4.69) is 75.8 Å². The molecule has 0 unspecified atom stereocenters. The molecule has 1 aliphatic heterocycles. The van der Waals surface area contributed by atoms with Gasteiger partial charge in [0.15, 0.2) is 6.20 Å². The fourth-order valence-electron chi connectivity index (χ4n) is 6.32. The minimum atomic E-state index is -4.31. The number of ether oxygens (including phenoxy) is 1. The number of fused-ring (bicyclic) bond motifs is 5. The van der Waals surface area contributed by atoms with Gasteiger partial charge in [0.05, 0.1) is 16.4 Å². The van der Waals surface area contributed by atoms with E-state index in [0.29, 0.717) is 11.3 Å². The molecule has 0 bridgehead atoms. The molecule has 0 amide bonds. The number of aromatic nitrogens is 1. The summed E-state index contributed by atoms with van der Waals surface area (Å²) in [4.78, 5) is 0. The summed E-state index contributed by atoms with van der Waals surface area (Å²) < 4.78 is 50.8. The Balaban J connectivity index is 1.71. The predicted octanol–water partition coefficient (Wildman–Crippen LogP) is 9.77. The first-order chi connectivity index (χ1) is 18.7. The van der Waals surface area contributed by atoms with Crippen LogP contribution in [0.3, 0.4) is 0 Å². The molecule has 5 heteroatoms. The first-order valence-electron chi connectivity index (χ1n) is 13.8. The lowest BCUT2D eigenvalue weighted by atomic mass is 9.81. The zero-order chi connectivity index (χ0) is 28.8. The monoisotopic (exact) mass is 542 g/mol. The standard InChI is InChI=1S/C35H35F3NO/c1-20-22-12-8-9-13-23(22)27(19-33(2,3)4)32-29(20)31-30-25(15-16-39(31)7)24-14-10-11-21(26(24)17-28(30)40-32)18-34(5,6)35(36,37)38/h8-17H,18-19H2,1-7H3/q+1. The lowest BCUT2D eigenvalue weighted by Crippen LogP contribution is -2.34. The summed E-state index contributed by atoms with van der Waals surface area (Å²) in [5, 5.41) is 6.12. The number of aryl methyl sites for hydroxylation is 2. The van der Waals surface area contributed by atoms with E-state index in [1.165, 1.54) is 24.6 Å². The number of benzene rings is 4. The van der Waals surface area contributed by atoms with Crippen molar-refractivity contribution >= 4 is 32.3 Å². The number of nitrogens with zero attached hydrogens (tertiary/aromatic N) is 1. The van der Waals surface area contributed by atoms with Crippen molar-refractivity contribution in [2.75, 3.05) is 0 Å². The fraction of sp³-hybridized carbons (Fsp3) is 0.343. The Kier molecular flexibility index (Phi) is 5.79. The van der Waals surface area contributed by atoms with Crippen LogP contribution in [0.4, 0.5) is 13.2 Å². The third kappa shape index (κ3) is 4.05. The van der Waals surface area contributed by atoms with Crippen molar-refractivity contribution in [1.82, 2.24) is 0 Å². The second-order valence-corrected chi connectivity index (χ2v) is 13.2. The summed E-state index contributed by atoms with van der Waals surface area (Å²) >= 11 is 0. The minimum absolute atomic E-state index is 0.0172. The number of hydrogen-bond donors (Lipinski definition) is 0. The molecule has 5 aromatic rings. The quantitative estimate of drug-likeness (QED) is 0.160. The van der Waals surface area contributed by atoms with Gasteiger partial charge in [-0.2, -0.15) is 13.2 Å². The van der Waals surface area contributed by atoms with Crippen molar-refractivity contribution in [3.63, 3.8) is 0 Å². The molecule has 0 saturated carbocycles. The molecule has 0 N–H and O–H groups in total. The summed E-state index contributed by atoms with van der Waals surface area (Å²) in [5.41, 5.74) is 3.33. The maximum Gasteiger partial charge on any atom is 0.394 e. The van der Waals surface area contributed by atoms with Crippen molar-refractivity contribution in [2.24, 2.45) is 17.9 Å². The van der Waals surface area contributed by atoms with Gasteiger partial charge in [0, 0.05) is 17.0 Å². The summed E-state index contributed by atoms with van der Waals surface area (Å²) in [6.45, 7) is 11.4. The van der Waals surface area contributed by atoms with Crippen LogP contribution in [-0.4, -0.2) is 6.18 Å². The highest BCUT2D eigenvalue weighted by Gasteiger charge is 2.47. The van der Waals surface area contributed by atoms with Gasteiger partial charge in [-0.05, 0) is 63.9 Å². The number of halogens is 3. The highest BCUT2D eigenvalue weighted by Crippen LogP contribution is 2.53. The molecule has 1 aromatic heterocycles. The average Bonchev–Trinajstić information content (AvgIpc) is 2.86. The third-order valence-corrected chi connectivity index (χ3v) is 8.42. The topological polar surface area (TPSA) is 13.1 Å². The van der Waals surface area contributed by atoms with Crippen molar-refractivity contribution in [3.05, 3.63) is 77.5 Å². The maximum atomic E-state index is 13.9. The lowest BCUT2D eigenvalue weighted by molar-refractivity contribution is -0.659. The van der Waals surface area contributed by atoms with Crippen LogP contribution in [0.1, 0.15) is 51.3 Å². The van der Waals surface area contributed by atoms with E-state index in [0.717, 1.165) is 56.1 Å². The van der Waals surface area contributed by atoms with Crippen molar-refractivity contribution in [1.29, 1.82) is 0 Å². The van der Waals surface area contributed by atoms with Gasteiger partial charge in [0.2, 0.25) is 5.69 Å². The summed E-state index contributed by atoms with van der Waals surface area (Å²) in [6, 6.07) is 18.2. The first kappa shape index (κ1) is 26.6. The van der Waals surface area contributed by atoms with E-state index in [-0.39, 0.29) is 11.8 Å². The van der Waals surface area contributed by atoms with Crippen molar-refractivity contribution in [3.8, 4) is 22.8 Å². The van der Waals surface area contributed by atoms with Crippen LogP contribution in [0.2, 0.25) is 0 Å². The van der Waals surface area contributed by atoms with Crippen LogP contribution in [0.25, 0.3) is 43.6 Å². The van der Waals surface area contributed by atoms with Gasteiger partial charge in [-0.15, -0.1) is 0 Å². The van der Waals surface area contributed by atoms with Gasteiger partial charge in [-0.1, -0.05) is 77.1 Å². The molecule has 40 heavy (non-hydrogen) atoms. The number of hydrogen-bond acceptors (Lipinski definition) is 1. The smallest absolute Gasteiger partial charge is 0.394 e. The highest BCUT2D eigenvalue weighted by molar-refractivity contribution is 6.16. The molecule has 1 aliphatic rings. The Morgan fingerprint density at radius 2 is 1.45 bits per heavy atom.